The second-order valence-corrected chi connectivity index (χ2v) is 4.94. The molecule has 0 radical (unpaired) electrons. The van der Waals surface area contributed by atoms with Crippen molar-refractivity contribution in [1.82, 2.24) is 9.97 Å². The van der Waals surface area contributed by atoms with Crippen LogP contribution in [0.1, 0.15) is 36.0 Å². The van der Waals surface area contributed by atoms with Gasteiger partial charge in [-0.05, 0) is 30.5 Å². The van der Waals surface area contributed by atoms with Crippen molar-refractivity contribution in [2.45, 2.75) is 39.2 Å². The van der Waals surface area contributed by atoms with Gasteiger partial charge in [0.25, 0.3) is 0 Å². The van der Waals surface area contributed by atoms with Crippen molar-refractivity contribution < 1.29 is 0 Å². The molecule has 100 valence electrons. The maximum Gasteiger partial charge on any atom is 0.132 e. The number of hydrogen-bond acceptors (Lipinski definition) is 3. The van der Waals surface area contributed by atoms with Crippen LogP contribution in [0.5, 0.6) is 0 Å². The highest BCUT2D eigenvalue weighted by Gasteiger charge is 2.06. The average Bonchev–Trinajstić information content (AvgIpc) is 2.42. The minimum absolute atomic E-state index is 0.182. The first-order valence-corrected chi connectivity index (χ1v) is 6.80. The van der Waals surface area contributed by atoms with Gasteiger partial charge >= 0.3 is 0 Å². The number of aromatic nitrogens is 2. The lowest BCUT2D eigenvalue weighted by Gasteiger charge is -2.09. The van der Waals surface area contributed by atoms with Crippen LogP contribution in [0.4, 0.5) is 0 Å². The normalized spacial score (nSPS) is 12.4. The van der Waals surface area contributed by atoms with Crippen molar-refractivity contribution in [2.75, 3.05) is 0 Å². The molecule has 2 aromatic rings. The fourth-order valence-corrected chi connectivity index (χ4v) is 2.03. The third-order valence-corrected chi connectivity index (χ3v) is 3.37. The number of nitrogens with two attached hydrogens (primary N) is 1. The fraction of sp³-hybridized carbons (Fsp3) is 0.375. The summed E-state index contributed by atoms with van der Waals surface area (Å²) in [4.78, 5) is 8.96. The van der Waals surface area contributed by atoms with Crippen LogP contribution >= 0.6 is 0 Å². The lowest BCUT2D eigenvalue weighted by Crippen LogP contribution is -2.22. The highest BCUT2D eigenvalue weighted by Crippen LogP contribution is 2.11. The molecule has 2 N–H and O–H groups in total. The summed E-state index contributed by atoms with van der Waals surface area (Å²) in [5.74, 6) is 0.870. The Hall–Kier alpha value is -1.74. The van der Waals surface area contributed by atoms with Gasteiger partial charge in [0.05, 0.1) is 0 Å². The van der Waals surface area contributed by atoms with Crippen LogP contribution in [-0.4, -0.2) is 16.0 Å². The van der Waals surface area contributed by atoms with Gasteiger partial charge < -0.3 is 5.73 Å². The van der Waals surface area contributed by atoms with Gasteiger partial charge in [-0.3, -0.25) is 0 Å². The molecule has 0 spiro atoms. The molecule has 0 aliphatic rings. The van der Waals surface area contributed by atoms with Gasteiger partial charge in [-0.15, -0.1) is 0 Å². The van der Waals surface area contributed by atoms with E-state index < -0.39 is 0 Å². The van der Waals surface area contributed by atoms with Crippen LogP contribution in [0.25, 0.3) is 0 Å². The Morgan fingerprint density at radius 2 is 2.00 bits per heavy atom. The molecule has 0 amide bonds. The van der Waals surface area contributed by atoms with Gasteiger partial charge in [0.2, 0.25) is 0 Å². The predicted octanol–water partition coefficient (Wildman–Crippen LogP) is 2.66. The first kappa shape index (κ1) is 13.7. The van der Waals surface area contributed by atoms with Gasteiger partial charge in [-0.2, -0.15) is 0 Å². The highest BCUT2D eigenvalue weighted by atomic mass is 14.9. The first-order chi connectivity index (χ1) is 9.19. The van der Waals surface area contributed by atoms with Crippen molar-refractivity contribution >= 4 is 0 Å². The van der Waals surface area contributed by atoms with E-state index in [0.717, 1.165) is 30.8 Å². The first-order valence-electron chi connectivity index (χ1n) is 6.80. The Kier molecular flexibility index (Phi) is 4.63. The fourth-order valence-electron chi connectivity index (χ4n) is 2.03. The second-order valence-electron chi connectivity index (χ2n) is 4.94. The molecule has 0 aliphatic carbocycles. The summed E-state index contributed by atoms with van der Waals surface area (Å²) in [7, 11) is 0. The lowest BCUT2D eigenvalue weighted by atomic mass is 10.1. The largest absolute Gasteiger partial charge is 0.327 e. The van der Waals surface area contributed by atoms with Gasteiger partial charge in [0, 0.05) is 30.8 Å². The second kappa shape index (κ2) is 6.43. The summed E-state index contributed by atoms with van der Waals surface area (Å²) in [5.41, 5.74) is 9.56. The van der Waals surface area contributed by atoms with E-state index in [-0.39, 0.29) is 6.04 Å². The third kappa shape index (κ3) is 3.86. The van der Waals surface area contributed by atoms with Gasteiger partial charge in [-0.25, -0.2) is 9.97 Å². The molecular weight excluding hydrogens is 234 g/mol. The zero-order valence-electron chi connectivity index (χ0n) is 11.6. The van der Waals surface area contributed by atoms with Crippen LogP contribution < -0.4 is 5.73 Å². The topological polar surface area (TPSA) is 51.8 Å². The molecule has 3 nitrogen and oxygen atoms in total. The number of aryl methyl sites for hydroxylation is 1. The van der Waals surface area contributed by atoms with Gasteiger partial charge in [-0.1, -0.05) is 31.2 Å². The van der Waals surface area contributed by atoms with Crippen LogP contribution in [0.15, 0.2) is 36.5 Å². The Labute approximate surface area is 114 Å². The zero-order chi connectivity index (χ0) is 13.7. The molecule has 0 bridgehead atoms. The zero-order valence-corrected chi connectivity index (χ0v) is 11.6. The number of nitrogens with zero attached hydrogens (tertiary/aromatic N) is 2. The van der Waals surface area contributed by atoms with E-state index in [9.17, 15) is 0 Å². The summed E-state index contributed by atoms with van der Waals surface area (Å²) >= 11 is 0. The summed E-state index contributed by atoms with van der Waals surface area (Å²) in [6.45, 7) is 4.21. The monoisotopic (exact) mass is 255 g/mol. The van der Waals surface area contributed by atoms with Crippen molar-refractivity contribution in [1.29, 1.82) is 0 Å². The third-order valence-electron chi connectivity index (χ3n) is 3.37. The quantitative estimate of drug-likeness (QED) is 0.893. The van der Waals surface area contributed by atoms with Crippen LogP contribution in [0.3, 0.4) is 0 Å². The average molecular weight is 255 g/mol. The molecule has 2 rings (SSSR count). The van der Waals surface area contributed by atoms with E-state index in [4.69, 9.17) is 5.73 Å². The molecule has 1 aromatic heterocycles. The molecule has 0 fully saturated rings. The number of benzene rings is 1. The predicted molar refractivity (Wildman–Crippen MR) is 78.0 cm³/mol. The van der Waals surface area contributed by atoms with Crippen molar-refractivity contribution in [3.8, 4) is 0 Å². The molecular formula is C16H21N3. The Morgan fingerprint density at radius 1 is 1.21 bits per heavy atom. The van der Waals surface area contributed by atoms with E-state index in [2.05, 4.69) is 48.1 Å². The summed E-state index contributed by atoms with van der Waals surface area (Å²) in [5, 5.41) is 0. The number of hydrogen-bond donors (Lipinski definition) is 1. The molecule has 1 heterocycles. The lowest BCUT2D eigenvalue weighted by molar-refractivity contribution is 0.633. The highest BCUT2D eigenvalue weighted by molar-refractivity contribution is 5.28. The molecule has 1 aromatic carbocycles. The van der Waals surface area contributed by atoms with Crippen molar-refractivity contribution in [3.63, 3.8) is 0 Å². The maximum absolute atomic E-state index is 5.97. The van der Waals surface area contributed by atoms with E-state index in [1.807, 2.05) is 12.3 Å². The SMILES string of the molecule is CCC(N)Cc1ccnc(Cc2ccccc2C)n1. The Bertz CT molecular complexity index is 537. The molecule has 0 saturated heterocycles. The Morgan fingerprint density at radius 3 is 2.74 bits per heavy atom. The molecule has 0 aliphatic heterocycles. The van der Waals surface area contributed by atoms with Crippen LogP contribution in [-0.2, 0) is 12.8 Å². The summed E-state index contributed by atoms with van der Waals surface area (Å²) in [6.07, 6.45) is 4.40. The van der Waals surface area contributed by atoms with E-state index >= 15 is 0 Å². The van der Waals surface area contributed by atoms with Gasteiger partial charge in [0.15, 0.2) is 0 Å². The molecule has 3 heteroatoms. The minimum atomic E-state index is 0.182. The van der Waals surface area contributed by atoms with E-state index in [1.165, 1.54) is 11.1 Å². The standard InChI is InChI=1S/C16H21N3/c1-3-14(17)11-15-8-9-18-16(19-15)10-13-7-5-4-6-12(13)2/h4-9,14H,3,10-11,17H2,1-2H3. The van der Waals surface area contributed by atoms with Crippen LogP contribution in [0, 0.1) is 6.92 Å². The van der Waals surface area contributed by atoms with Crippen LogP contribution in [0.2, 0.25) is 0 Å². The summed E-state index contributed by atoms with van der Waals surface area (Å²) in [6, 6.07) is 10.5. The molecule has 1 atom stereocenters. The Balaban J connectivity index is 2.13. The maximum atomic E-state index is 5.97. The van der Waals surface area contributed by atoms with Crippen molar-refractivity contribution in [2.24, 2.45) is 5.73 Å². The molecule has 0 saturated carbocycles. The number of rotatable bonds is 5. The summed E-state index contributed by atoms with van der Waals surface area (Å²) < 4.78 is 0. The van der Waals surface area contributed by atoms with E-state index in [0.29, 0.717) is 0 Å². The van der Waals surface area contributed by atoms with E-state index in [1.54, 1.807) is 0 Å². The molecule has 19 heavy (non-hydrogen) atoms. The molecule has 1 unspecified atom stereocenters. The van der Waals surface area contributed by atoms with Gasteiger partial charge in [0.1, 0.15) is 5.82 Å². The van der Waals surface area contributed by atoms with Crippen molar-refractivity contribution in [3.05, 3.63) is 59.2 Å². The minimum Gasteiger partial charge on any atom is -0.327 e. The smallest absolute Gasteiger partial charge is 0.132 e.